The lowest BCUT2D eigenvalue weighted by molar-refractivity contribution is 0.775. The Morgan fingerprint density at radius 3 is 2.65 bits per heavy atom. The number of nitrogens with two attached hydrogens (primary N) is 1. The van der Waals surface area contributed by atoms with E-state index in [9.17, 15) is 0 Å². The third kappa shape index (κ3) is 3.01. The van der Waals surface area contributed by atoms with Crippen LogP contribution in [0.2, 0.25) is 0 Å². The van der Waals surface area contributed by atoms with E-state index in [1.165, 1.54) is 0 Å². The fraction of sp³-hybridized carbons (Fsp3) is 0.231. The first-order valence-electron chi connectivity index (χ1n) is 5.61. The van der Waals surface area contributed by atoms with Gasteiger partial charge in [0.05, 0.1) is 6.04 Å². The van der Waals surface area contributed by atoms with Crippen LogP contribution in [0.25, 0.3) is 0 Å². The summed E-state index contributed by atoms with van der Waals surface area (Å²) in [5, 5.41) is 3.24. The van der Waals surface area contributed by atoms with Gasteiger partial charge in [-0.1, -0.05) is 30.3 Å². The molecule has 17 heavy (non-hydrogen) atoms. The van der Waals surface area contributed by atoms with Crippen LogP contribution in [-0.4, -0.2) is 16.5 Å². The molecule has 3 N–H and O–H groups in total. The van der Waals surface area contributed by atoms with E-state index in [2.05, 4.69) is 15.3 Å². The Morgan fingerprint density at radius 2 is 2.00 bits per heavy atom. The van der Waals surface area contributed by atoms with Gasteiger partial charge >= 0.3 is 0 Å². The topological polar surface area (TPSA) is 63.8 Å². The number of aromatic nitrogens is 2. The van der Waals surface area contributed by atoms with Crippen molar-refractivity contribution in [3.05, 3.63) is 53.9 Å². The van der Waals surface area contributed by atoms with Gasteiger partial charge in [-0.05, 0) is 18.6 Å². The van der Waals surface area contributed by atoms with Crippen molar-refractivity contribution in [2.45, 2.75) is 13.0 Å². The van der Waals surface area contributed by atoms with Crippen LogP contribution in [0.5, 0.6) is 0 Å². The highest BCUT2D eigenvalue weighted by Crippen LogP contribution is 2.15. The molecule has 2 aromatic rings. The molecule has 0 saturated heterocycles. The molecule has 1 atom stereocenters. The molecule has 2 rings (SSSR count). The summed E-state index contributed by atoms with van der Waals surface area (Å²) in [6.45, 7) is 2.44. The minimum absolute atomic E-state index is 0.0398. The predicted octanol–water partition coefficient (Wildman–Crippen LogP) is 1.90. The van der Waals surface area contributed by atoms with E-state index in [1.54, 1.807) is 6.20 Å². The quantitative estimate of drug-likeness (QED) is 0.839. The van der Waals surface area contributed by atoms with Gasteiger partial charge in [0.2, 0.25) is 5.95 Å². The summed E-state index contributed by atoms with van der Waals surface area (Å²) >= 11 is 0. The first-order chi connectivity index (χ1) is 8.29. The van der Waals surface area contributed by atoms with Crippen molar-refractivity contribution in [2.24, 2.45) is 5.73 Å². The van der Waals surface area contributed by atoms with Gasteiger partial charge in [-0.15, -0.1) is 0 Å². The molecule has 1 aromatic heterocycles. The number of rotatable bonds is 4. The molecule has 0 amide bonds. The number of hydrogen-bond donors (Lipinski definition) is 2. The van der Waals surface area contributed by atoms with E-state index in [0.717, 1.165) is 11.3 Å². The van der Waals surface area contributed by atoms with Crippen molar-refractivity contribution >= 4 is 5.95 Å². The Morgan fingerprint density at radius 1 is 1.24 bits per heavy atom. The molecule has 0 fully saturated rings. The van der Waals surface area contributed by atoms with Crippen molar-refractivity contribution in [2.75, 3.05) is 11.9 Å². The highest BCUT2D eigenvalue weighted by molar-refractivity contribution is 5.32. The molecule has 4 heteroatoms. The molecular weight excluding hydrogens is 212 g/mol. The van der Waals surface area contributed by atoms with Crippen molar-refractivity contribution in [3.63, 3.8) is 0 Å². The highest BCUT2D eigenvalue weighted by Gasteiger charge is 2.09. The van der Waals surface area contributed by atoms with Gasteiger partial charge in [-0.3, -0.25) is 0 Å². The van der Waals surface area contributed by atoms with Crippen molar-refractivity contribution < 1.29 is 0 Å². The predicted molar refractivity (Wildman–Crippen MR) is 68.6 cm³/mol. The maximum absolute atomic E-state index is 5.77. The third-order valence-electron chi connectivity index (χ3n) is 2.54. The molecular formula is C13H16N4. The van der Waals surface area contributed by atoms with Crippen LogP contribution in [0.3, 0.4) is 0 Å². The molecule has 0 radical (unpaired) electrons. The van der Waals surface area contributed by atoms with Crippen LogP contribution in [0.4, 0.5) is 5.95 Å². The summed E-state index contributed by atoms with van der Waals surface area (Å²) in [5.74, 6) is 0.615. The second-order valence-electron chi connectivity index (χ2n) is 3.86. The van der Waals surface area contributed by atoms with Crippen molar-refractivity contribution in [3.8, 4) is 0 Å². The smallest absolute Gasteiger partial charge is 0.223 e. The van der Waals surface area contributed by atoms with Crippen LogP contribution >= 0.6 is 0 Å². The number of nitrogens with one attached hydrogen (secondary N) is 1. The average molecular weight is 228 g/mol. The molecule has 0 aliphatic carbocycles. The largest absolute Gasteiger partial charge is 0.346 e. The molecule has 0 bridgehead atoms. The van der Waals surface area contributed by atoms with Crippen LogP contribution in [0, 0.1) is 6.92 Å². The van der Waals surface area contributed by atoms with Gasteiger partial charge in [0, 0.05) is 18.4 Å². The van der Waals surface area contributed by atoms with Crippen molar-refractivity contribution in [1.82, 2.24) is 9.97 Å². The third-order valence-corrected chi connectivity index (χ3v) is 2.54. The molecule has 4 nitrogen and oxygen atoms in total. The standard InChI is InChI=1S/C13H16N4/c1-10-7-8-15-13(16-10)17-12(9-14)11-5-3-2-4-6-11/h2-8,12H,9,14H2,1H3,(H,15,16,17). The Kier molecular flexibility index (Phi) is 3.67. The van der Waals surface area contributed by atoms with E-state index in [4.69, 9.17) is 5.73 Å². The van der Waals surface area contributed by atoms with Gasteiger partial charge in [0.1, 0.15) is 0 Å². The molecule has 0 aliphatic rings. The Bertz CT molecular complexity index is 470. The van der Waals surface area contributed by atoms with Crippen LogP contribution < -0.4 is 11.1 Å². The molecule has 0 aliphatic heterocycles. The Hall–Kier alpha value is -1.94. The Labute approximate surface area is 101 Å². The lowest BCUT2D eigenvalue weighted by atomic mass is 10.1. The molecule has 0 saturated carbocycles. The summed E-state index contributed by atoms with van der Waals surface area (Å²) in [4.78, 5) is 8.48. The fourth-order valence-electron chi connectivity index (χ4n) is 1.64. The summed E-state index contributed by atoms with van der Waals surface area (Å²) < 4.78 is 0. The van der Waals surface area contributed by atoms with Gasteiger partial charge in [-0.2, -0.15) is 0 Å². The number of anilines is 1. The first-order valence-corrected chi connectivity index (χ1v) is 5.61. The number of aryl methyl sites for hydroxylation is 1. The first kappa shape index (κ1) is 11.5. The lowest BCUT2D eigenvalue weighted by Gasteiger charge is -2.17. The molecule has 0 spiro atoms. The average Bonchev–Trinajstić information content (AvgIpc) is 2.37. The maximum atomic E-state index is 5.77. The lowest BCUT2D eigenvalue weighted by Crippen LogP contribution is -2.21. The van der Waals surface area contributed by atoms with E-state index >= 15 is 0 Å². The van der Waals surface area contributed by atoms with E-state index in [-0.39, 0.29) is 6.04 Å². The van der Waals surface area contributed by atoms with Gasteiger partial charge in [-0.25, -0.2) is 9.97 Å². The van der Waals surface area contributed by atoms with Gasteiger partial charge < -0.3 is 11.1 Å². The zero-order chi connectivity index (χ0) is 12.1. The number of benzene rings is 1. The number of hydrogen-bond acceptors (Lipinski definition) is 4. The summed E-state index contributed by atoms with van der Waals surface area (Å²) in [6, 6.07) is 12.0. The Balaban J connectivity index is 2.16. The van der Waals surface area contributed by atoms with Crippen LogP contribution in [0.15, 0.2) is 42.6 Å². The summed E-state index contributed by atoms with van der Waals surface area (Å²) in [7, 11) is 0. The van der Waals surface area contributed by atoms with E-state index in [0.29, 0.717) is 12.5 Å². The second kappa shape index (κ2) is 5.41. The SMILES string of the molecule is Cc1ccnc(NC(CN)c2ccccc2)n1. The van der Waals surface area contributed by atoms with Crippen LogP contribution in [0.1, 0.15) is 17.3 Å². The monoisotopic (exact) mass is 228 g/mol. The zero-order valence-corrected chi connectivity index (χ0v) is 9.80. The number of nitrogens with zero attached hydrogens (tertiary/aromatic N) is 2. The molecule has 88 valence electrons. The van der Waals surface area contributed by atoms with Gasteiger partial charge in [0.25, 0.3) is 0 Å². The summed E-state index contributed by atoms with van der Waals surface area (Å²) in [5.41, 5.74) is 7.85. The zero-order valence-electron chi connectivity index (χ0n) is 9.80. The maximum Gasteiger partial charge on any atom is 0.223 e. The molecule has 1 heterocycles. The van der Waals surface area contributed by atoms with Crippen LogP contribution in [-0.2, 0) is 0 Å². The van der Waals surface area contributed by atoms with E-state index in [1.807, 2.05) is 43.3 Å². The molecule has 1 aromatic carbocycles. The molecule has 1 unspecified atom stereocenters. The van der Waals surface area contributed by atoms with E-state index < -0.39 is 0 Å². The normalized spacial score (nSPS) is 12.1. The minimum atomic E-state index is 0.0398. The fourth-order valence-corrected chi connectivity index (χ4v) is 1.64. The summed E-state index contributed by atoms with van der Waals surface area (Å²) in [6.07, 6.45) is 1.74. The van der Waals surface area contributed by atoms with Gasteiger partial charge in [0.15, 0.2) is 0 Å². The highest BCUT2D eigenvalue weighted by atomic mass is 15.1. The second-order valence-corrected chi connectivity index (χ2v) is 3.86. The minimum Gasteiger partial charge on any atom is -0.346 e. The van der Waals surface area contributed by atoms with Crippen molar-refractivity contribution in [1.29, 1.82) is 0 Å².